The first kappa shape index (κ1) is 26.2. The lowest BCUT2D eigenvalue weighted by atomic mass is 10.2. The summed E-state index contributed by atoms with van der Waals surface area (Å²) < 4.78 is 10.6. The Bertz CT molecular complexity index is 1240. The van der Waals surface area contributed by atoms with Crippen molar-refractivity contribution in [2.24, 2.45) is 5.10 Å². The lowest BCUT2D eigenvalue weighted by molar-refractivity contribution is -0.139. The zero-order chi connectivity index (χ0) is 25.9. The van der Waals surface area contributed by atoms with E-state index in [0.717, 1.165) is 11.1 Å². The Morgan fingerprint density at radius 1 is 0.944 bits per heavy atom. The summed E-state index contributed by atoms with van der Waals surface area (Å²) in [5.41, 5.74) is 5.15. The number of hydrogen-bond donors (Lipinski definition) is 3. The van der Waals surface area contributed by atoms with Gasteiger partial charge in [0.1, 0.15) is 11.5 Å². The minimum absolute atomic E-state index is 0.180. The number of hydrazone groups is 1. The van der Waals surface area contributed by atoms with E-state index in [9.17, 15) is 14.4 Å². The van der Waals surface area contributed by atoms with Crippen molar-refractivity contribution >= 4 is 41.2 Å². The fourth-order valence-electron chi connectivity index (χ4n) is 2.89. The molecular formula is C26H25ClN4O5. The van der Waals surface area contributed by atoms with Crippen LogP contribution >= 0.6 is 11.6 Å². The van der Waals surface area contributed by atoms with Gasteiger partial charge in [-0.2, -0.15) is 5.10 Å². The summed E-state index contributed by atoms with van der Waals surface area (Å²) in [4.78, 5) is 35.9. The Labute approximate surface area is 213 Å². The molecule has 3 aromatic carbocycles. The second-order valence-corrected chi connectivity index (χ2v) is 8.01. The van der Waals surface area contributed by atoms with Gasteiger partial charge in [-0.05, 0) is 72.1 Å². The number of carbonyl (C=O) groups excluding carboxylic acids is 3. The normalized spacial score (nSPS) is 10.5. The number of carbonyl (C=O) groups is 3. The third-order valence-corrected chi connectivity index (χ3v) is 5.31. The van der Waals surface area contributed by atoms with Crippen LogP contribution < -0.4 is 25.5 Å². The minimum Gasteiger partial charge on any atom is -0.497 e. The van der Waals surface area contributed by atoms with Crippen LogP contribution in [-0.2, 0) is 20.9 Å². The van der Waals surface area contributed by atoms with Crippen molar-refractivity contribution in [3.8, 4) is 11.5 Å². The van der Waals surface area contributed by atoms with E-state index in [0.29, 0.717) is 27.8 Å². The average molecular weight is 509 g/mol. The SMILES string of the molecule is COc1ccc(CNC(=O)C(=O)N/N=C\c2ccc(OCC(=O)Nc3ccc(C)c(Cl)c3)cc2)cc1. The largest absolute Gasteiger partial charge is 0.497 e. The van der Waals surface area contributed by atoms with Crippen LogP contribution in [0, 0.1) is 6.92 Å². The molecule has 0 bridgehead atoms. The standard InChI is InChI=1S/C26H25ClN4O5/c1-17-3-8-20(13-23(17)27)30-24(32)16-36-22-11-6-19(7-12-22)15-29-31-26(34)25(33)28-14-18-4-9-21(35-2)10-5-18/h3-13,15H,14,16H2,1-2H3,(H,28,33)(H,30,32)(H,31,34)/b29-15-. The van der Waals surface area contributed by atoms with Gasteiger partial charge in [0, 0.05) is 17.3 Å². The molecule has 0 unspecified atom stereocenters. The van der Waals surface area contributed by atoms with Gasteiger partial charge in [-0.15, -0.1) is 0 Å². The Morgan fingerprint density at radius 2 is 1.64 bits per heavy atom. The topological polar surface area (TPSA) is 118 Å². The van der Waals surface area contributed by atoms with E-state index >= 15 is 0 Å². The van der Waals surface area contributed by atoms with Crippen LogP contribution in [0.1, 0.15) is 16.7 Å². The lowest BCUT2D eigenvalue weighted by Crippen LogP contribution is -2.37. The number of nitrogens with zero attached hydrogens (tertiary/aromatic N) is 1. The van der Waals surface area contributed by atoms with Gasteiger partial charge in [0.05, 0.1) is 13.3 Å². The Balaban J connectivity index is 1.39. The molecule has 0 aliphatic rings. The van der Waals surface area contributed by atoms with Crippen LogP contribution in [0.15, 0.2) is 71.8 Å². The van der Waals surface area contributed by atoms with Crippen LogP contribution in [0.3, 0.4) is 0 Å². The van der Waals surface area contributed by atoms with E-state index in [1.165, 1.54) is 6.21 Å². The molecule has 3 amide bonds. The molecule has 0 aliphatic carbocycles. The maximum absolute atomic E-state index is 12.1. The number of ether oxygens (including phenoxy) is 2. The Morgan fingerprint density at radius 3 is 2.31 bits per heavy atom. The fourth-order valence-corrected chi connectivity index (χ4v) is 3.07. The number of aryl methyl sites for hydroxylation is 1. The molecule has 3 aromatic rings. The second kappa shape index (κ2) is 12.9. The molecule has 3 N–H and O–H groups in total. The Hall–Kier alpha value is -4.37. The van der Waals surface area contributed by atoms with Crippen LogP contribution in [0.2, 0.25) is 5.02 Å². The van der Waals surface area contributed by atoms with Crippen molar-refractivity contribution in [2.75, 3.05) is 19.0 Å². The number of benzene rings is 3. The molecule has 3 rings (SSSR count). The van der Waals surface area contributed by atoms with Gasteiger partial charge in [-0.1, -0.05) is 29.8 Å². The summed E-state index contributed by atoms with van der Waals surface area (Å²) in [7, 11) is 1.57. The third-order valence-electron chi connectivity index (χ3n) is 4.90. The van der Waals surface area contributed by atoms with Crippen molar-refractivity contribution in [3.63, 3.8) is 0 Å². The summed E-state index contributed by atoms with van der Waals surface area (Å²) >= 11 is 6.06. The molecule has 10 heteroatoms. The van der Waals surface area contributed by atoms with Crippen molar-refractivity contribution in [1.82, 2.24) is 10.7 Å². The van der Waals surface area contributed by atoms with Crippen molar-refractivity contribution in [3.05, 3.63) is 88.4 Å². The smallest absolute Gasteiger partial charge is 0.329 e. The predicted molar refractivity (Wildman–Crippen MR) is 137 cm³/mol. The van der Waals surface area contributed by atoms with Crippen molar-refractivity contribution in [1.29, 1.82) is 0 Å². The molecule has 0 atom stereocenters. The van der Waals surface area contributed by atoms with Crippen LogP contribution in [0.25, 0.3) is 0 Å². The maximum Gasteiger partial charge on any atom is 0.329 e. The molecule has 0 aromatic heterocycles. The van der Waals surface area contributed by atoms with Gasteiger partial charge < -0.3 is 20.1 Å². The van der Waals surface area contributed by atoms with E-state index in [4.69, 9.17) is 21.1 Å². The first-order valence-electron chi connectivity index (χ1n) is 10.9. The summed E-state index contributed by atoms with van der Waals surface area (Å²) in [6.45, 7) is 1.89. The highest BCUT2D eigenvalue weighted by Crippen LogP contribution is 2.20. The van der Waals surface area contributed by atoms with Gasteiger partial charge in [-0.3, -0.25) is 14.4 Å². The van der Waals surface area contributed by atoms with E-state index in [-0.39, 0.29) is 19.1 Å². The Kier molecular flexibility index (Phi) is 9.41. The molecule has 186 valence electrons. The van der Waals surface area contributed by atoms with E-state index in [1.54, 1.807) is 67.8 Å². The van der Waals surface area contributed by atoms with Crippen molar-refractivity contribution in [2.45, 2.75) is 13.5 Å². The van der Waals surface area contributed by atoms with Crippen LogP contribution in [0.5, 0.6) is 11.5 Å². The van der Waals surface area contributed by atoms with Gasteiger partial charge in [0.15, 0.2) is 6.61 Å². The highest BCUT2D eigenvalue weighted by molar-refractivity contribution is 6.35. The lowest BCUT2D eigenvalue weighted by Gasteiger charge is -2.08. The third kappa shape index (κ3) is 8.14. The van der Waals surface area contributed by atoms with E-state index in [2.05, 4.69) is 21.2 Å². The highest BCUT2D eigenvalue weighted by Gasteiger charge is 2.12. The summed E-state index contributed by atoms with van der Waals surface area (Å²) in [5.74, 6) is -0.843. The first-order chi connectivity index (χ1) is 17.3. The first-order valence-corrected chi connectivity index (χ1v) is 11.2. The number of methoxy groups -OCH3 is 1. The van der Waals surface area contributed by atoms with Crippen LogP contribution in [-0.4, -0.2) is 37.7 Å². The zero-order valence-corrected chi connectivity index (χ0v) is 20.5. The molecule has 36 heavy (non-hydrogen) atoms. The van der Waals surface area contributed by atoms with Gasteiger partial charge in [0.2, 0.25) is 0 Å². The molecule has 0 heterocycles. The molecule has 0 aliphatic heterocycles. The number of nitrogens with one attached hydrogen (secondary N) is 3. The summed E-state index contributed by atoms with van der Waals surface area (Å²) in [6.07, 6.45) is 1.38. The number of halogens is 1. The molecular weight excluding hydrogens is 484 g/mol. The second-order valence-electron chi connectivity index (χ2n) is 7.60. The molecule has 0 radical (unpaired) electrons. The number of anilines is 1. The maximum atomic E-state index is 12.1. The molecule has 9 nitrogen and oxygen atoms in total. The van der Waals surface area contributed by atoms with Crippen molar-refractivity contribution < 1.29 is 23.9 Å². The van der Waals surface area contributed by atoms with E-state index < -0.39 is 11.8 Å². The van der Waals surface area contributed by atoms with Crippen LogP contribution in [0.4, 0.5) is 5.69 Å². The minimum atomic E-state index is -0.888. The average Bonchev–Trinajstić information content (AvgIpc) is 2.89. The number of hydrogen-bond acceptors (Lipinski definition) is 6. The number of amides is 3. The number of rotatable bonds is 9. The molecule has 0 saturated heterocycles. The fraction of sp³-hybridized carbons (Fsp3) is 0.154. The molecule has 0 spiro atoms. The summed E-state index contributed by atoms with van der Waals surface area (Å²) in [6, 6.07) is 19.0. The monoisotopic (exact) mass is 508 g/mol. The highest BCUT2D eigenvalue weighted by atomic mass is 35.5. The quantitative estimate of drug-likeness (QED) is 0.232. The molecule has 0 saturated carbocycles. The summed E-state index contributed by atoms with van der Waals surface area (Å²) in [5, 5.41) is 9.58. The zero-order valence-electron chi connectivity index (χ0n) is 19.7. The van der Waals surface area contributed by atoms with E-state index in [1.807, 2.05) is 13.0 Å². The molecule has 0 fully saturated rings. The predicted octanol–water partition coefficient (Wildman–Crippen LogP) is 3.44. The van der Waals surface area contributed by atoms with Gasteiger partial charge >= 0.3 is 11.8 Å². The van der Waals surface area contributed by atoms with Gasteiger partial charge in [0.25, 0.3) is 5.91 Å². The van der Waals surface area contributed by atoms with Gasteiger partial charge in [-0.25, -0.2) is 5.43 Å².